The number of hydrogen-bond donors (Lipinski definition) is 3. The highest BCUT2D eigenvalue weighted by molar-refractivity contribution is 5.92. The number of nitrogens with zero attached hydrogens (tertiary/aromatic N) is 2. The van der Waals surface area contributed by atoms with Crippen LogP contribution in [-0.4, -0.2) is 34.5 Å². The topological polar surface area (TPSA) is 101 Å². The molecule has 4 rings (SSSR count). The fourth-order valence-electron chi connectivity index (χ4n) is 2.95. The summed E-state index contributed by atoms with van der Waals surface area (Å²) >= 11 is 0. The SMILES string of the molecule is CCOc1ccccc1Nc1nc2ccc(Oc3ccnc(C(=O)NC)c3)cc2[nH]1. The van der Waals surface area contributed by atoms with Gasteiger partial charge in [0, 0.05) is 25.4 Å². The van der Waals surface area contributed by atoms with Crippen molar-refractivity contribution >= 4 is 28.6 Å². The van der Waals surface area contributed by atoms with Gasteiger partial charge in [-0.3, -0.25) is 9.78 Å². The van der Waals surface area contributed by atoms with Gasteiger partial charge >= 0.3 is 0 Å². The molecule has 0 aliphatic carbocycles. The highest BCUT2D eigenvalue weighted by Crippen LogP contribution is 2.29. The van der Waals surface area contributed by atoms with Crippen LogP contribution in [0.15, 0.2) is 60.8 Å². The molecular weight excluding hydrogens is 382 g/mol. The van der Waals surface area contributed by atoms with Crippen LogP contribution in [0.4, 0.5) is 11.6 Å². The summed E-state index contributed by atoms with van der Waals surface area (Å²) in [6.45, 7) is 2.52. The third-order valence-electron chi connectivity index (χ3n) is 4.32. The molecule has 0 saturated heterocycles. The van der Waals surface area contributed by atoms with E-state index in [1.165, 1.54) is 6.20 Å². The summed E-state index contributed by atoms with van der Waals surface area (Å²) in [5.41, 5.74) is 2.72. The fraction of sp³-hybridized carbons (Fsp3) is 0.136. The van der Waals surface area contributed by atoms with E-state index in [4.69, 9.17) is 9.47 Å². The van der Waals surface area contributed by atoms with Gasteiger partial charge in [-0.1, -0.05) is 12.1 Å². The van der Waals surface area contributed by atoms with Crippen LogP contribution < -0.4 is 20.1 Å². The number of para-hydroxylation sites is 2. The monoisotopic (exact) mass is 403 g/mol. The Morgan fingerprint density at radius 2 is 1.93 bits per heavy atom. The molecule has 2 heterocycles. The van der Waals surface area contributed by atoms with Crippen LogP contribution in [0.1, 0.15) is 17.4 Å². The Hall–Kier alpha value is -4.07. The molecule has 2 aromatic heterocycles. The van der Waals surface area contributed by atoms with Crippen molar-refractivity contribution in [3.8, 4) is 17.2 Å². The number of rotatable bonds is 7. The largest absolute Gasteiger partial charge is 0.492 e. The van der Waals surface area contributed by atoms with Crippen molar-refractivity contribution in [2.45, 2.75) is 6.92 Å². The first-order chi connectivity index (χ1) is 14.7. The molecular formula is C22H21N5O3. The number of pyridine rings is 1. The van der Waals surface area contributed by atoms with Gasteiger partial charge in [-0.05, 0) is 37.3 Å². The minimum atomic E-state index is -0.271. The zero-order valence-corrected chi connectivity index (χ0v) is 16.6. The highest BCUT2D eigenvalue weighted by Gasteiger charge is 2.10. The summed E-state index contributed by atoms with van der Waals surface area (Å²) in [6.07, 6.45) is 1.53. The normalized spacial score (nSPS) is 10.6. The van der Waals surface area contributed by atoms with E-state index in [1.54, 1.807) is 19.2 Å². The fourth-order valence-corrected chi connectivity index (χ4v) is 2.95. The Bertz CT molecular complexity index is 1190. The average molecular weight is 403 g/mol. The minimum Gasteiger partial charge on any atom is -0.492 e. The smallest absolute Gasteiger partial charge is 0.269 e. The molecule has 1 amide bonds. The summed E-state index contributed by atoms with van der Waals surface area (Å²) in [5.74, 6) is 2.22. The van der Waals surface area contributed by atoms with Gasteiger partial charge in [0.25, 0.3) is 5.91 Å². The maximum Gasteiger partial charge on any atom is 0.269 e. The number of aromatic amines is 1. The van der Waals surface area contributed by atoms with E-state index < -0.39 is 0 Å². The van der Waals surface area contributed by atoms with Crippen LogP contribution in [0.25, 0.3) is 11.0 Å². The predicted octanol–water partition coefficient (Wildman–Crippen LogP) is 4.25. The van der Waals surface area contributed by atoms with Gasteiger partial charge in [-0.2, -0.15) is 0 Å². The summed E-state index contributed by atoms with van der Waals surface area (Å²) in [6, 6.07) is 16.5. The molecule has 0 aliphatic rings. The Labute approximate surface area is 173 Å². The van der Waals surface area contributed by atoms with Crippen LogP contribution in [0.2, 0.25) is 0 Å². The molecule has 152 valence electrons. The van der Waals surface area contributed by atoms with Crippen molar-refractivity contribution in [1.29, 1.82) is 0 Å². The summed E-state index contributed by atoms with van der Waals surface area (Å²) in [5, 5.41) is 5.80. The maximum absolute atomic E-state index is 11.8. The van der Waals surface area contributed by atoms with E-state index in [-0.39, 0.29) is 11.6 Å². The lowest BCUT2D eigenvalue weighted by molar-refractivity contribution is 0.0958. The second kappa shape index (κ2) is 8.52. The number of benzene rings is 2. The predicted molar refractivity (Wildman–Crippen MR) is 115 cm³/mol. The van der Waals surface area contributed by atoms with Gasteiger partial charge in [0.15, 0.2) is 0 Å². The number of carbonyl (C=O) groups excluding carboxylic acids is 1. The van der Waals surface area contributed by atoms with Crippen LogP contribution >= 0.6 is 0 Å². The first kappa shape index (κ1) is 19.3. The van der Waals surface area contributed by atoms with Crippen molar-refractivity contribution in [1.82, 2.24) is 20.3 Å². The van der Waals surface area contributed by atoms with Crippen molar-refractivity contribution in [2.75, 3.05) is 19.0 Å². The zero-order valence-electron chi connectivity index (χ0n) is 16.6. The molecule has 0 aliphatic heterocycles. The zero-order chi connectivity index (χ0) is 20.9. The van der Waals surface area contributed by atoms with E-state index in [1.807, 2.05) is 49.4 Å². The van der Waals surface area contributed by atoms with Crippen LogP contribution in [0.3, 0.4) is 0 Å². The summed E-state index contributed by atoms with van der Waals surface area (Å²) < 4.78 is 11.5. The number of imidazole rings is 1. The van der Waals surface area contributed by atoms with Gasteiger partial charge < -0.3 is 25.1 Å². The number of nitrogens with one attached hydrogen (secondary N) is 3. The van der Waals surface area contributed by atoms with Crippen molar-refractivity contribution in [2.24, 2.45) is 0 Å². The molecule has 30 heavy (non-hydrogen) atoms. The van der Waals surface area contributed by atoms with Crippen molar-refractivity contribution < 1.29 is 14.3 Å². The lowest BCUT2D eigenvalue weighted by Crippen LogP contribution is -2.18. The Balaban J connectivity index is 1.55. The van der Waals surface area contributed by atoms with E-state index in [0.29, 0.717) is 24.1 Å². The molecule has 4 aromatic rings. The van der Waals surface area contributed by atoms with Crippen LogP contribution in [0, 0.1) is 0 Å². The average Bonchev–Trinajstić information content (AvgIpc) is 3.16. The van der Waals surface area contributed by atoms with E-state index in [0.717, 1.165) is 22.5 Å². The second-order valence-corrected chi connectivity index (χ2v) is 6.38. The van der Waals surface area contributed by atoms with Crippen LogP contribution in [-0.2, 0) is 0 Å². The lowest BCUT2D eigenvalue weighted by atomic mass is 10.3. The van der Waals surface area contributed by atoms with E-state index in [2.05, 4.69) is 25.6 Å². The minimum absolute atomic E-state index is 0.271. The molecule has 3 N–H and O–H groups in total. The lowest BCUT2D eigenvalue weighted by Gasteiger charge is -2.09. The van der Waals surface area contributed by atoms with Crippen molar-refractivity contribution in [3.63, 3.8) is 0 Å². The molecule has 2 aromatic carbocycles. The van der Waals surface area contributed by atoms with Crippen LogP contribution in [0.5, 0.6) is 17.2 Å². The molecule has 0 atom stereocenters. The summed E-state index contributed by atoms with van der Waals surface area (Å²) in [4.78, 5) is 23.6. The number of hydrogen-bond acceptors (Lipinski definition) is 6. The molecule has 0 bridgehead atoms. The van der Waals surface area contributed by atoms with Crippen molar-refractivity contribution in [3.05, 3.63) is 66.5 Å². The Kier molecular flexibility index (Phi) is 5.47. The molecule has 8 nitrogen and oxygen atoms in total. The third-order valence-corrected chi connectivity index (χ3v) is 4.32. The number of amides is 1. The molecule has 0 unspecified atom stereocenters. The van der Waals surface area contributed by atoms with Gasteiger partial charge in [0.2, 0.25) is 5.95 Å². The number of carbonyl (C=O) groups is 1. The van der Waals surface area contributed by atoms with Gasteiger partial charge in [-0.25, -0.2) is 4.98 Å². The quantitative estimate of drug-likeness (QED) is 0.426. The maximum atomic E-state index is 11.8. The van der Waals surface area contributed by atoms with E-state index >= 15 is 0 Å². The van der Waals surface area contributed by atoms with E-state index in [9.17, 15) is 4.79 Å². The van der Waals surface area contributed by atoms with Gasteiger partial charge in [-0.15, -0.1) is 0 Å². The Morgan fingerprint density at radius 3 is 2.77 bits per heavy atom. The first-order valence-electron chi connectivity index (χ1n) is 9.51. The highest BCUT2D eigenvalue weighted by atomic mass is 16.5. The molecule has 0 radical (unpaired) electrons. The second-order valence-electron chi connectivity index (χ2n) is 6.38. The van der Waals surface area contributed by atoms with Gasteiger partial charge in [0.1, 0.15) is 22.9 Å². The summed E-state index contributed by atoms with van der Waals surface area (Å²) in [7, 11) is 1.56. The molecule has 0 saturated carbocycles. The number of aromatic nitrogens is 3. The molecule has 0 spiro atoms. The number of ether oxygens (including phenoxy) is 2. The molecule has 8 heteroatoms. The molecule has 0 fully saturated rings. The number of H-pyrrole nitrogens is 1. The Morgan fingerprint density at radius 1 is 1.10 bits per heavy atom. The first-order valence-corrected chi connectivity index (χ1v) is 9.51. The number of fused-ring (bicyclic) bond motifs is 1. The van der Waals surface area contributed by atoms with Gasteiger partial charge in [0.05, 0.1) is 23.3 Å². The standard InChI is InChI=1S/C22H21N5O3/c1-3-29-20-7-5-4-6-17(20)26-22-25-16-9-8-14(12-18(16)27-22)30-15-10-11-24-19(13-15)21(28)23-2/h4-13H,3H2,1-2H3,(H,23,28)(H2,25,26,27). The third kappa shape index (κ3) is 4.17. The number of anilines is 2.